The van der Waals surface area contributed by atoms with Crippen LogP contribution in [0.4, 0.5) is 0 Å². The highest BCUT2D eigenvalue weighted by molar-refractivity contribution is 5.84. The Morgan fingerprint density at radius 2 is 2.24 bits per heavy atom. The normalized spacial score (nSPS) is 30.5. The third-order valence-corrected chi connectivity index (χ3v) is 5.36. The van der Waals surface area contributed by atoms with E-state index < -0.39 is 0 Å². The van der Waals surface area contributed by atoms with Gasteiger partial charge in [0.05, 0.1) is 12.0 Å². The maximum Gasteiger partial charge on any atom is 0.230 e. The molecule has 0 radical (unpaired) electrons. The van der Waals surface area contributed by atoms with Crippen LogP contribution in [0.3, 0.4) is 0 Å². The first-order valence-electron chi connectivity index (χ1n) is 8.25. The van der Waals surface area contributed by atoms with Crippen molar-refractivity contribution in [2.75, 3.05) is 26.2 Å². The number of nitrogens with one attached hydrogen (secondary N) is 1. The van der Waals surface area contributed by atoms with Crippen molar-refractivity contribution in [2.45, 2.75) is 38.6 Å². The van der Waals surface area contributed by atoms with Crippen LogP contribution < -0.4 is 0 Å². The van der Waals surface area contributed by atoms with Gasteiger partial charge in [-0.25, -0.2) is 4.98 Å². The van der Waals surface area contributed by atoms with Crippen LogP contribution in [0.5, 0.6) is 0 Å². The second-order valence-corrected chi connectivity index (χ2v) is 7.07. The molecule has 0 bridgehead atoms. The molecule has 2 aliphatic heterocycles. The number of H-pyrrole nitrogens is 1. The van der Waals surface area contributed by atoms with Crippen LogP contribution in [0.15, 0.2) is 12.4 Å². The molecule has 3 aliphatic rings. The smallest absolute Gasteiger partial charge is 0.230 e. The molecule has 1 N–H and O–H groups in total. The van der Waals surface area contributed by atoms with Crippen molar-refractivity contribution in [1.29, 1.82) is 0 Å². The first-order chi connectivity index (χ1) is 10.3. The van der Waals surface area contributed by atoms with Crippen LogP contribution in [0.1, 0.15) is 37.9 Å². The van der Waals surface area contributed by atoms with Crippen molar-refractivity contribution in [3.63, 3.8) is 0 Å². The van der Waals surface area contributed by atoms with Gasteiger partial charge in [-0.05, 0) is 44.6 Å². The fourth-order valence-electron chi connectivity index (χ4n) is 4.01. The lowest BCUT2D eigenvalue weighted by atomic mass is 9.78. The van der Waals surface area contributed by atoms with Crippen molar-refractivity contribution in [2.24, 2.45) is 11.3 Å². The van der Waals surface area contributed by atoms with E-state index in [1.165, 1.54) is 19.3 Å². The molecule has 114 valence electrons. The van der Waals surface area contributed by atoms with Crippen LogP contribution in [-0.4, -0.2) is 51.9 Å². The summed E-state index contributed by atoms with van der Waals surface area (Å²) in [6, 6.07) is 0. The summed E-state index contributed by atoms with van der Waals surface area (Å²) in [7, 11) is 0. The quantitative estimate of drug-likeness (QED) is 0.916. The summed E-state index contributed by atoms with van der Waals surface area (Å²) in [6.07, 6.45) is 9.57. The maximum atomic E-state index is 12.9. The maximum absolute atomic E-state index is 12.9. The number of imidazole rings is 1. The summed E-state index contributed by atoms with van der Waals surface area (Å²) >= 11 is 0. The number of hydrogen-bond acceptors (Lipinski definition) is 3. The fraction of sp³-hybridized carbons (Fsp3) is 0.750. The van der Waals surface area contributed by atoms with E-state index in [9.17, 15) is 4.79 Å². The van der Waals surface area contributed by atoms with E-state index in [1.807, 2.05) is 6.20 Å². The second kappa shape index (κ2) is 5.13. The molecule has 1 atom stereocenters. The van der Waals surface area contributed by atoms with Gasteiger partial charge in [-0.3, -0.25) is 9.69 Å². The van der Waals surface area contributed by atoms with Gasteiger partial charge in [-0.2, -0.15) is 0 Å². The van der Waals surface area contributed by atoms with Gasteiger partial charge in [0.1, 0.15) is 5.82 Å². The number of aromatic nitrogens is 2. The molecule has 0 aromatic carbocycles. The average molecular weight is 288 g/mol. The van der Waals surface area contributed by atoms with Gasteiger partial charge in [0.25, 0.3) is 0 Å². The number of aromatic amines is 1. The largest absolute Gasteiger partial charge is 0.348 e. The molecule has 4 rings (SSSR count). The zero-order valence-electron chi connectivity index (χ0n) is 12.6. The topological polar surface area (TPSA) is 52.2 Å². The van der Waals surface area contributed by atoms with Crippen molar-refractivity contribution in [3.05, 3.63) is 18.2 Å². The molecular weight excluding hydrogens is 264 g/mol. The predicted molar refractivity (Wildman–Crippen MR) is 79.5 cm³/mol. The molecule has 1 spiro atoms. The highest BCUT2D eigenvalue weighted by atomic mass is 16.2. The van der Waals surface area contributed by atoms with Gasteiger partial charge < -0.3 is 9.88 Å². The molecule has 5 heteroatoms. The van der Waals surface area contributed by atoms with Crippen LogP contribution in [0, 0.1) is 11.3 Å². The summed E-state index contributed by atoms with van der Waals surface area (Å²) in [6.45, 7) is 4.76. The molecule has 5 nitrogen and oxygen atoms in total. The average Bonchev–Trinajstić information content (AvgIpc) is 2.98. The third kappa shape index (κ3) is 2.59. The molecule has 21 heavy (non-hydrogen) atoms. The number of carbonyl (C=O) groups is 1. The lowest BCUT2D eigenvalue weighted by Crippen LogP contribution is -2.50. The summed E-state index contributed by atoms with van der Waals surface area (Å²) in [5, 5.41) is 0. The Morgan fingerprint density at radius 1 is 1.33 bits per heavy atom. The minimum atomic E-state index is -0.0975. The van der Waals surface area contributed by atoms with Gasteiger partial charge >= 0.3 is 0 Å². The zero-order valence-corrected chi connectivity index (χ0v) is 12.6. The number of hydrogen-bond donors (Lipinski definition) is 1. The fourth-order valence-corrected chi connectivity index (χ4v) is 4.01. The monoisotopic (exact) mass is 288 g/mol. The van der Waals surface area contributed by atoms with E-state index in [4.69, 9.17) is 0 Å². The van der Waals surface area contributed by atoms with E-state index in [1.54, 1.807) is 6.20 Å². The van der Waals surface area contributed by atoms with Crippen LogP contribution in [0.25, 0.3) is 0 Å². The second-order valence-electron chi connectivity index (χ2n) is 7.07. The molecule has 1 unspecified atom stereocenters. The summed E-state index contributed by atoms with van der Waals surface area (Å²) in [5.74, 6) is 2.23. The molecule has 1 aromatic heterocycles. The highest BCUT2D eigenvalue weighted by Crippen LogP contribution is 2.41. The first kappa shape index (κ1) is 13.3. The number of amides is 1. The van der Waals surface area contributed by atoms with Gasteiger partial charge in [-0.1, -0.05) is 0 Å². The van der Waals surface area contributed by atoms with Gasteiger partial charge in [0.2, 0.25) is 5.91 Å². The van der Waals surface area contributed by atoms with Crippen molar-refractivity contribution >= 4 is 5.91 Å². The predicted octanol–water partition coefficient (Wildman–Crippen LogP) is 1.63. The Kier molecular flexibility index (Phi) is 3.25. The van der Waals surface area contributed by atoms with Gasteiger partial charge in [-0.15, -0.1) is 0 Å². The number of rotatable bonds is 4. The zero-order chi connectivity index (χ0) is 14.3. The van der Waals surface area contributed by atoms with Crippen LogP contribution >= 0.6 is 0 Å². The standard InChI is InChI=1S/C16H24N4O/c21-15-16(4-1-8-20(15)10-13-2-3-13)5-9-19(12-16)11-14-17-6-7-18-14/h6-7,13H,1-5,8-12H2,(H,17,18). The van der Waals surface area contributed by atoms with Gasteiger partial charge in [0.15, 0.2) is 0 Å². The Bertz CT molecular complexity index is 510. The Hall–Kier alpha value is -1.36. The number of carbonyl (C=O) groups excluding carboxylic acids is 1. The molecule has 1 aliphatic carbocycles. The molecule has 3 fully saturated rings. The molecule has 2 saturated heterocycles. The Labute approximate surface area is 125 Å². The molecule has 1 amide bonds. The summed E-state index contributed by atoms with van der Waals surface area (Å²) < 4.78 is 0. The number of nitrogens with zero attached hydrogens (tertiary/aromatic N) is 3. The highest BCUT2D eigenvalue weighted by Gasteiger charge is 2.48. The molecular formula is C16H24N4O. The summed E-state index contributed by atoms with van der Waals surface area (Å²) in [5.41, 5.74) is -0.0975. The molecule has 1 aromatic rings. The van der Waals surface area contributed by atoms with E-state index >= 15 is 0 Å². The van der Waals surface area contributed by atoms with Crippen molar-refractivity contribution in [3.8, 4) is 0 Å². The minimum absolute atomic E-state index is 0.0975. The molecule has 1 saturated carbocycles. The van der Waals surface area contributed by atoms with E-state index in [-0.39, 0.29) is 5.41 Å². The first-order valence-corrected chi connectivity index (χ1v) is 8.25. The Balaban J connectivity index is 1.42. The van der Waals surface area contributed by atoms with Gasteiger partial charge in [0, 0.05) is 32.0 Å². The van der Waals surface area contributed by atoms with Crippen LogP contribution in [-0.2, 0) is 11.3 Å². The SMILES string of the molecule is O=C1N(CC2CC2)CCCC12CCN(Cc1ncc[nH]1)C2. The van der Waals surface area contributed by atoms with E-state index in [0.29, 0.717) is 5.91 Å². The third-order valence-electron chi connectivity index (χ3n) is 5.36. The van der Waals surface area contributed by atoms with Crippen molar-refractivity contribution < 1.29 is 4.79 Å². The lowest BCUT2D eigenvalue weighted by molar-refractivity contribution is -0.145. The lowest BCUT2D eigenvalue weighted by Gasteiger charge is -2.39. The summed E-state index contributed by atoms with van der Waals surface area (Å²) in [4.78, 5) is 25.0. The van der Waals surface area contributed by atoms with E-state index in [2.05, 4.69) is 19.8 Å². The van der Waals surface area contributed by atoms with Crippen LogP contribution in [0.2, 0.25) is 0 Å². The van der Waals surface area contributed by atoms with E-state index in [0.717, 1.165) is 57.3 Å². The van der Waals surface area contributed by atoms with Crippen molar-refractivity contribution in [1.82, 2.24) is 19.8 Å². The minimum Gasteiger partial charge on any atom is -0.348 e. The molecule has 3 heterocycles. The Morgan fingerprint density at radius 3 is 3.00 bits per heavy atom. The number of piperidine rings is 1. The number of likely N-dealkylation sites (tertiary alicyclic amines) is 2.